The second-order valence-electron chi connectivity index (χ2n) is 6.02. The quantitative estimate of drug-likeness (QED) is 0.463. The van der Waals surface area contributed by atoms with Crippen molar-refractivity contribution in [3.05, 3.63) is 64.7 Å². The van der Waals surface area contributed by atoms with E-state index in [2.05, 4.69) is 33.4 Å². The number of halogens is 1. The first-order valence-electron chi connectivity index (χ1n) is 8.77. The van der Waals surface area contributed by atoms with Crippen LogP contribution in [0.15, 0.2) is 53.5 Å². The van der Waals surface area contributed by atoms with Gasteiger partial charge in [0.15, 0.2) is 17.6 Å². The largest absolute Gasteiger partial charge is 0.493 e. The van der Waals surface area contributed by atoms with Crippen molar-refractivity contribution in [1.82, 2.24) is 10.9 Å². The van der Waals surface area contributed by atoms with Crippen LogP contribution in [0.1, 0.15) is 22.8 Å². The molecule has 0 aliphatic heterocycles. The molecular weight excluding hydrogens is 440 g/mol. The van der Waals surface area contributed by atoms with Gasteiger partial charge in [0.25, 0.3) is 11.8 Å². The van der Waals surface area contributed by atoms with E-state index in [1.54, 1.807) is 37.3 Å². The third-order valence-corrected chi connectivity index (χ3v) is 4.45. The van der Waals surface area contributed by atoms with E-state index >= 15 is 0 Å². The summed E-state index contributed by atoms with van der Waals surface area (Å²) in [6.07, 6.45) is 1.37. The van der Waals surface area contributed by atoms with Gasteiger partial charge in [0, 0.05) is 15.6 Å². The lowest BCUT2D eigenvalue weighted by molar-refractivity contribution is -0.128. The molecule has 0 saturated heterocycles. The third-order valence-electron chi connectivity index (χ3n) is 3.96. The van der Waals surface area contributed by atoms with Crippen molar-refractivity contribution >= 4 is 27.7 Å². The minimum absolute atomic E-state index is 0.306. The van der Waals surface area contributed by atoms with Gasteiger partial charge in [0.1, 0.15) is 5.75 Å². The molecule has 8 heteroatoms. The van der Waals surface area contributed by atoms with Gasteiger partial charge in [0.05, 0.1) is 14.2 Å². The van der Waals surface area contributed by atoms with E-state index < -0.39 is 17.9 Å². The van der Waals surface area contributed by atoms with Gasteiger partial charge in [-0.2, -0.15) is 0 Å². The first-order chi connectivity index (χ1) is 13.9. The number of methoxy groups -OCH3 is 2. The molecule has 29 heavy (non-hydrogen) atoms. The van der Waals surface area contributed by atoms with Gasteiger partial charge in [0.2, 0.25) is 0 Å². The molecule has 0 saturated carbocycles. The van der Waals surface area contributed by atoms with Crippen molar-refractivity contribution in [3.8, 4) is 17.2 Å². The zero-order valence-corrected chi connectivity index (χ0v) is 18.0. The van der Waals surface area contributed by atoms with Crippen LogP contribution in [0.4, 0.5) is 0 Å². The lowest BCUT2D eigenvalue weighted by atomic mass is 10.1. The molecule has 0 heterocycles. The van der Waals surface area contributed by atoms with Gasteiger partial charge in [-0.15, -0.1) is 6.58 Å². The van der Waals surface area contributed by atoms with E-state index in [1.807, 2.05) is 6.07 Å². The van der Waals surface area contributed by atoms with Gasteiger partial charge < -0.3 is 14.2 Å². The molecular formula is C21H23BrN2O5. The lowest BCUT2D eigenvalue weighted by Crippen LogP contribution is -2.47. The molecule has 2 N–H and O–H groups in total. The number of hydrazine groups is 1. The summed E-state index contributed by atoms with van der Waals surface area (Å²) in [5.41, 5.74) is 5.80. The molecule has 2 aromatic rings. The topological polar surface area (TPSA) is 85.9 Å². The Kier molecular flexibility index (Phi) is 8.09. The second kappa shape index (κ2) is 10.5. The van der Waals surface area contributed by atoms with Crippen LogP contribution in [-0.2, 0) is 11.2 Å². The van der Waals surface area contributed by atoms with Crippen LogP contribution in [0.5, 0.6) is 17.2 Å². The smallest absolute Gasteiger partial charge is 0.279 e. The molecule has 154 valence electrons. The van der Waals surface area contributed by atoms with Crippen LogP contribution in [0.3, 0.4) is 0 Å². The SMILES string of the molecule is C=CCc1cc(C(=O)NNC(=O)C(C)Oc2cccc(Br)c2)cc(OC)c1OC. The van der Waals surface area contributed by atoms with E-state index in [4.69, 9.17) is 14.2 Å². The first kappa shape index (κ1) is 22.3. The zero-order chi connectivity index (χ0) is 21.4. The van der Waals surface area contributed by atoms with Crippen LogP contribution in [0.2, 0.25) is 0 Å². The monoisotopic (exact) mass is 462 g/mol. The fourth-order valence-electron chi connectivity index (χ4n) is 2.57. The molecule has 2 amide bonds. The second-order valence-corrected chi connectivity index (χ2v) is 6.94. The molecule has 1 unspecified atom stereocenters. The average molecular weight is 463 g/mol. The number of hydrogen-bond donors (Lipinski definition) is 2. The Bertz CT molecular complexity index is 901. The Hall–Kier alpha value is -3.00. The number of benzene rings is 2. The number of amides is 2. The van der Waals surface area contributed by atoms with Crippen LogP contribution in [0, 0.1) is 0 Å². The number of nitrogens with one attached hydrogen (secondary N) is 2. The maximum Gasteiger partial charge on any atom is 0.279 e. The highest BCUT2D eigenvalue weighted by atomic mass is 79.9. The summed E-state index contributed by atoms with van der Waals surface area (Å²) >= 11 is 3.34. The van der Waals surface area contributed by atoms with E-state index in [0.29, 0.717) is 29.2 Å². The number of hydrogen-bond acceptors (Lipinski definition) is 5. The van der Waals surface area contributed by atoms with Crippen molar-refractivity contribution in [1.29, 1.82) is 0 Å². The Morgan fingerprint density at radius 2 is 1.93 bits per heavy atom. The highest BCUT2D eigenvalue weighted by molar-refractivity contribution is 9.10. The van der Waals surface area contributed by atoms with Crippen LogP contribution >= 0.6 is 15.9 Å². The number of carbonyl (C=O) groups is 2. The van der Waals surface area contributed by atoms with Gasteiger partial charge in [-0.1, -0.05) is 28.1 Å². The number of allylic oxidation sites excluding steroid dienone is 1. The Balaban J connectivity index is 2.05. The molecule has 2 rings (SSSR count). The molecule has 7 nitrogen and oxygen atoms in total. The van der Waals surface area contributed by atoms with Gasteiger partial charge >= 0.3 is 0 Å². The number of rotatable bonds is 8. The van der Waals surface area contributed by atoms with Crippen LogP contribution in [-0.4, -0.2) is 32.1 Å². The maximum absolute atomic E-state index is 12.5. The molecule has 0 bridgehead atoms. The predicted octanol–water partition coefficient (Wildman–Crippen LogP) is 3.42. The van der Waals surface area contributed by atoms with Crippen molar-refractivity contribution in [3.63, 3.8) is 0 Å². The molecule has 0 aliphatic rings. The fourth-order valence-corrected chi connectivity index (χ4v) is 2.95. The molecule has 0 radical (unpaired) electrons. The standard InChI is InChI=1S/C21H23BrN2O5/c1-5-7-14-10-15(11-18(27-3)19(14)28-4)21(26)24-23-20(25)13(2)29-17-9-6-8-16(22)12-17/h5-6,8-13H,1,7H2,2-4H3,(H,23,25)(H,24,26). The van der Waals surface area contributed by atoms with Gasteiger partial charge in [-0.3, -0.25) is 20.4 Å². The summed E-state index contributed by atoms with van der Waals surface area (Å²) in [6.45, 7) is 5.29. The molecule has 0 aromatic heterocycles. The highest BCUT2D eigenvalue weighted by Crippen LogP contribution is 2.33. The number of ether oxygens (including phenoxy) is 3. The summed E-state index contributed by atoms with van der Waals surface area (Å²) in [6, 6.07) is 10.3. The normalized spacial score (nSPS) is 11.2. The predicted molar refractivity (Wildman–Crippen MR) is 113 cm³/mol. The molecule has 0 fully saturated rings. The third kappa shape index (κ3) is 5.99. The molecule has 0 aliphatic carbocycles. The lowest BCUT2D eigenvalue weighted by Gasteiger charge is -2.16. The molecule has 1 atom stereocenters. The van der Waals surface area contributed by atoms with Crippen molar-refractivity contribution in [2.45, 2.75) is 19.4 Å². The van der Waals surface area contributed by atoms with Crippen molar-refractivity contribution in [2.75, 3.05) is 14.2 Å². The minimum Gasteiger partial charge on any atom is -0.493 e. The molecule has 0 spiro atoms. The fraction of sp³-hybridized carbons (Fsp3) is 0.238. The van der Waals surface area contributed by atoms with E-state index in [1.165, 1.54) is 20.3 Å². The van der Waals surface area contributed by atoms with E-state index in [9.17, 15) is 9.59 Å². The van der Waals surface area contributed by atoms with Crippen molar-refractivity contribution < 1.29 is 23.8 Å². The number of carbonyl (C=O) groups excluding carboxylic acids is 2. The average Bonchev–Trinajstić information content (AvgIpc) is 2.71. The van der Waals surface area contributed by atoms with Crippen LogP contribution < -0.4 is 25.1 Å². The Morgan fingerprint density at radius 3 is 2.55 bits per heavy atom. The van der Waals surface area contributed by atoms with E-state index in [-0.39, 0.29) is 0 Å². The maximum atomic E-state index is 12.5. The Morgan fingerprint density at radius 1 is 1.17 bits per heavy atom. The highest BCUT2D eigenvalue weighted by Gasteiger charge is 2.18. The summed E-state index contributed by atoms with van der Waals surface area (Å²) in [7, 11) is 3.01. The van der Waals surface area contributed by atoms with E-state index in [0.717, 1.165) is 10.0 Å². The van der Waals surface area contributed by atoms with Gasteiger partial charge in [-0.25, -0.2) is 0 Å². The summed E-state index contributed by atoms with van der Waals surface area (Å²) in [4.78, 5) is 24.7. The summed E-state index contributed by atoms with van der Waals surface area (Å²) < 4.78 is 17.1. The zero-order valence-electron chi connectivity index (χ0n) is 16.5. The minimum atomic E-state index is -0.814. The summed E-state index contributed by atoms with van der Waals surface area (Å²) in [5, 5.41) is 0. The molecule has 2 aromatic carbocycles. The van der Waals surface area contributed by atoms with Crippen molar-refractivity contribution in [2.24, 2.45) is 0 Å². The van der Waals surface area contributed by atoms with Crippen LogP contribution in [0.25, 0.3) is 0 Å². The first-order valence-corrected chi connectivity index (χ1v) is 9.57. The Labute approximate surface area is 178 Å². The summed E-state index contributed by atoms with van der Waals surface area (Å²) in [5.74, 6) is 0.477. The van der Waals surface area contributed by atoms with Gasteiger partial charge in [-0.05, 0) is 43.7 Å².